The van der Waals surface area contributed by atoms with E-state index in [1.807, 2.05) is 19.2 Å². The molecule has 1 saturated carbocycles. The maximum absolute atomic E-state index is 15.3. The van der Waals surface area contributed by atoms with E-state index in [2.05, 4.69) is 68.8 Å². The van der Waals surface area contributed by atoms with E-state index >= 15 is 4.39 Å². The van der Waals surface area contributed by atoms with Crippen LogP contribution in [0.5, 0.6) is 0 Å². The van der Waals surface area contributed by atoms with E-state index in [9.17, 15) is 0 Å². The largest absolute Gasteiger partial charge is 0.388 e. The maximum atomic E-state index is 15.3. The van der Waals surface area contributed by atoms with Gasteiger partial charge in [0.15, 0.2) is 0 Å². The lowest BCUT2D eigenvalue weighted by atomic mass is 9.67. The molecule has 1 heterocycles. The van der Waals surface area contributed by atoms with Crippen molar-refractivity contribution in [3.8, 4) is 0 Å². The standard InChI is InChI=1S/C36H50ClFN2/c1-7-11-27-19-31(37)15-17-33(27)30-18-29-20-35(38)34(26(5)39-6)21-36(29)40(23-30)22-28-14-16-32(28)25(4)13-10-9-12-24(3)8-2/h10,13,15,17,19-21,24-25,28,30,32,39H,5,7-9,11-12,14,16,18,22-23H2,1-4,6H3/b13-10+. The van der Waals surface area contributed by atoms with Crippen molar-refractivity contribution in [2.45, 2.75) is 85.0 Å². The number of anilines is 1. The monoisotopic (exact) mass is 564 g/mol. The minimum Gasteiger partial charge on any atom is -0.388 e. The van der Waals surface area contributed by atoms with Gasteiger partial charge in [0.2, 0.25) is 0 Å². The zero-order valence-electron chi connectivity index (χ0n) is 25.4. The summed E-state index contributed by atoms with van der Waals surface area (Å²) in [6.07, 6.45) is 14.1. The van der Waals surface area contributed by atoms with Crippen molar-refractivity contribution in [2.75, 3.05) is 25.0 Å². The Kier molecular flexibility index (Phi) is 10.8. The fourth-order valence-electron chi connectivity index (χ4n) is 6.80. The summed E-state index contributed by atoms with van der Waals surface area (Å²) in [7, 11) is 1.81. The molecule has 0 amide bonds. The van der Waals surface area contributed by atoms with Gasteiger partial charge < -0.3 is 10.2 Å². The van der Waals surface area contributed by atoms with Crippen LogP contribution in [-0.4, -0.2) is 20.1 Å². The third-order valence-electron chi connectivity index (χ3n) is 9.68. The molecule has 2 aromatic rings. The Labute approximate surface area is 248 Å². The Hall–Kier alpha value is -2.26. The van der Waals surface area contributed by atoms with Gasteiger partial charge in [-0.25, -0.2) is 4.39 Å². The second-order valence-electron chi connectivity index (χ2n) is 12.5. The summed E-state index contributed by atoms with van der Waals surface area (Å²) in [5.41, 5.74) is 6.19. The van der Waals surface area contributed by atoms with Crippen LogP contribution in [0.2, 0.25) is 5.02 Å². The number of hydrogen-bond acceptors (Lipinski definition) is 2. The molecule has 4 rings (SSSR count). The molecular formula is C36H50ClFN2. The molecule has 2 aromatic carbocycles. The fraction of sp³-hybridized carbons (Fsp3) is 0.556. The van der Waals surface area contributed by atoms with Crippen molar-refractivity contribution in [1.29, 1.82) is 0 Å². The zero-order chi connectivity index (χ0) is 28.8. The van der Waals surface area contributed by atoms with Crippen LogP contribution in [0.15, 0.2) is 49.1 Å². The number of rotatable bonds is 13. The summed E-state index contributed by atoms with van der Waals surface area (Å²) in [6, 6.07) is 10.2. The number of aryl methyl sites for hydroxylation is 1. The first-order chi connectivity index (χ1) is 19.2. The van der Waals surface area contributed by atoms with Gasteiger partial charge >= 0.3 is 0 Å². The molecule has 1 N–H and O–H groups in total. The average Bonchev–Trinajstić information content (AvgIpc) is 2.92. The molecule has 2 aliphatic rings. The van der Waals surface area contributed by atoms with Crippen molar-refractivity contribution in [3.05, 3.63) is 82.2 Å². The first-order valence-electron chi connectivity index (χ1n) is 15.6. The van der Waals surface area contributed by atoms with E-state index in [4.69, 9.17) is 11.6 Å². The van der Waals surface area contributed by atoms with E-state index < -0.39 is 0 Å². The van der Waals surface area contributed by atoms with E-state index in [1.54, 1.807) is 6.07 Å². The Balaban J connectivity index is 1.59. The lowest BCUT2D eigenvalue weighted by Crippen LogP contribution is -2.44. The first kappa shape index (κ1) is 30.7. The molecule has 1 aliphatic carbocycles. The summed E-state index contributed by atoms with van der Waals surface area (Å²) in [5.74, 6) is 2.89. The topological polar surface area (TPSA) is 15.3 Å². The second kappa shape index (κ2) is 14.1. The molecule has 0 radical (unpaired) electrons. The Morgan fingerprint density at radius 2 is 2.00 bits per heavy atom. The summed E-state index contributed by atoms with van der Waals surface area (Å²) in [5, 5.41) is 3.85. The second-order valence-corrected chi connectivity index (χ2v) is 12.9. The highest BCUT2D eigenvalue weighted by molar-refractivity contribution is 6.30. The van der Waals surface area contributed by atoms with Gasteiger partial charge in [-0.2, -0.15) is 0 Å². The number of nitrogens with zero attached hydrogens (tertiary/aromatic N) is 1. The summed E-state index contributed by atoms with van der Waals surface area (Å²) in [4.78, 5) is 2.57. The number of benzene rings is 2. The lowest BCUT2D eigenvalue weighted by molar-refractivity contribution is 0.139. The van der Waals surface area contributed by atoms with Gasteiger partial charge in [0, 0.05) is 48.0 Å². The number of nitrogens with one attached hydrogen (secondary N) is 1. The van der Waals surface area contributed by atoms with Crippen molar-refractivity contribution in [1.82, 2.24) is 5.32 Å². The molecular weight excluding hydrogens is 515 g/mol. The molecule has 5 unspecified atom stereocenters. The predicted molar refractivity (Wildman–Crippen MR) is 172 cm³/mol. The maximum Gasteiger partial charge on any atom is 0.132 e. The van der Waals surface area contributed by atoms with Crippen LogP contribution < -0.4 is 10.2 Å². The predicted octanol–water partition coefficient (Wildman–Crippen LogP) is 9.81. The number of fused-ring (bicyclic) bond motifs is 1. The number of halogens is 2. The molecule has 218 valence electrons. The van der Waals surface area contributed by atoms with Crippen LogP contribution in [0.4, 0.5) is 10.1 Å². The van der Waals surface area contributed by atoms with Gasteiger partial charge in [-0.1, -0.05) is 76.9 Å². The van der Waals surface area contributed by atoms with Gasteiger partial charge in [-0.15, -0.1) is 0 Å². The molecule has 40 heavy (non-hydrogen) atoms. The SMILES string of the molecule is C=C(NC)c1cc2c(cc1F)CC(c1ccc(Cl)cc1CCC)CN2CC1CCC1C(C)/C=C/CCC(C)CC. The van der Waals surface area contributed by atoms with Gasteiger partial charge in [-0.3, -0.25) is 0 Å². The first-order valence-corrected chi connectivity index (χ1v) is 16.0. The quantitative estimate of drug-likeness (QED) is 0.243. The van der Waals surface area contributed by atoms with Gasteiger partial charge in [0.1, 0.15) is 5.82 Å². The molecule has 5 atom stereocenters. The van der Waals surface area contributed by atoms with E-state index in [0.717, 1.165) is 48.9 Å². The zero-order valence-corrected chi connectivity index (χ0v) is 26.2. The van der Waals surface area contributed by atoms with E-state index in [0.29, 0.717) is 34.9 Å². The molecule has 0 bridgehead atoms. The van der Waals surface area contributed by atoms with Crippen LogP contribution in [-0.2, 0) is 12.8 Å². The van der Waals surface area contributed by atoms with E-state index in [-0.39, 0.29) is 5.82 Å². The number of allylic oxidation sites excluding steroid dienone is 2. The summed E-state index contributed by atoms with van der Waals surface area (Å²) in [6.45, 7) is 15.3. The Morgan fingerprint density at radius 3 is 2.67 bits per heavy atom. The minimum atomic E-state index is -0.193. The minimum absolute atomic E-state index is 0.193. The normalized spacial score (nSPS) is 22.1. The smallest absolute Gasteiger partial charge is 0.132 e. The third kappa shape index (κ3) is 7.14. The van der Waals surface area contributed by atoms with Crippen molar-refractivity contribution in [2.24, 2.45) is 23.7 Å². The molecule has 0 spiro atoms. The molecule has 0 aromatic heterocycles. The van der Waals surface area contributed by atoms with Crippen LogP contribution in [0.25, 0.3) is 5.70 Å². The average molecular weight is 565 g/mol. The van der Waals surface area contributed by atoms with Crippen molar-refractivity contribution >= 4 is 23.0 Å². The summed E-state index contributed by atoms with van der Waals surface area (Å²) < 4.78 is 15.3. The molecule has 2 nitrogen and oxygen atoms in total. The van der Waals surface area contributed by atoms with Crippen LogP contribution in [0.3, 0.4) is 0 Å². The summed E-state index contributed by atoms with van der Waals surface area (Å²) >= 11 is 6.41. The van der Waals surface area contributed by atoms with Gasteiger partial charge in [0.25, 0.3) is 0 Å². The lowest BCUT2D eigenvalue weighted by Gasteiger charge is -2.46. The molecule has 1 fully saturated rings. The van der Waals surface area contributed by atoms with Crippen LogP contribution >= 0.6 is 11.6 Å². The molecule has 4 heteroatoms. The van der Waals surface area contributed by atoms with Gasteiger partial charge in [0.05, 0.1) is 0 Å². The fourth-order valence-corrected chi connectivity index (χ4v) is 6.99. The highest BCUT2D eigenvalue weighted by atomic mass is 35.5. The molecule has 0 saturated heterocycles. The van der Waals surface area contributed by atoms with Crippen LogP contribution in [0.1, 0.15) is 94.4 Å². The van der Waals surface area contributed by atoms with Crippen molar-refractivity contribution in [3.63, 3.8) is 0 Å². The number of hydrogen-bond donors (Lipinski definition) is 1. The molecule has 1 aliphatic heterocycles. The van der Waals surface area contributed by atoms with Crippen LogP contribution in [0, 0.1) is 29.5 Å². The third-order valence-corrected chi connectivity index (χ3v) is 9.91. The highest BCUT2D eigenvalue weighted by Crippen LogP contribution is 2.44. The highest BCUT2D eigenvalue weighted by Gasteiger charge is 2.37. The Morgan fingerprint density at radius 1 is 1.20 bits per heavy atom. The van der Waals surface area contributed by atoms with E-state index in [1.165, 1.54) is 48.9 Å². The van der Waals surface area contributed by atoms with Gasteiger partial charge in [-0.05, 0) is 103 Å². The Bertz CT molecular complexity index is 1190. The van der Waals surface area contributed by atoms with Crippen molar-refractivity contribution < 1.29 is 4.39 Å².